The Labute approximate surface area is 104 Å². The minimum absolute atomic E-state index is 0.0116. The van der Waals surface area contributed by atoms with Crippen molar-refractivity contribution >= 4 is 0 Å². The maximum absolute atomic E-state index is 6.04. The smallest absolute Gasteiger partial charge is 0.233 e. The lowest BCUT2D eigenvalue weighted by atomic mass is 9.97. The van der Waals surface area contributed by atoms with E-state index in [2.05, 4.69) is 10.1 Å². The van der Waals surface area contributed by atoms with Gasteiger partial charge in [0.05, 0.1) is 24.4 Å². The van der Waals surface area contributed by atoms with Gasteiger partial charge in [0.1, 0.15) is 5.76 Å². The number of hydrogen-bond acceptors (Lipinski definition) is 6. The largest absolute Gasteiger partial charge is 0.469 e. The second-order valence-corrected chi connectivity index (χ2v) is 4.48. The lowest BCUT2D eigenvalue weighted by Crippen LogP contribution is -2.37. The molecule has 18 heavy (non-hydrogen) atoms. The molecule has 96 valence electrons. The second kappa shape index (κ2) is 4.55. The number of nitrogens with two attached hydrogens (primary N) is 1. The van der Waals surface area contributed by atoms with E-state index in [-0.39, 0.29) is 12.0 Å². The molecule has 2 unspecified atom stereocenters. The van der Waals surface area contributed by atoms with E-state index in [1.165, 1.54) is 0 Å². The molecule has 2 atom stereocenters. The first-order valence-corrected chi connectivity index (χ1v) is 5.97. The van der Waals surface area contributed by atoms with Gasteiger partial charge in [-0.1, -0.05) is 5.16 Å². The number of aryl methyl sites for hydroxylation is 1. The summed E-state index contributed by atoms with van der Waals surface area (Å²) in [6.45, 7) is 3.09. The quantitative estimate of drug-likeness (QED) is 0.867. The molecule has 1 aliphatic heterocycles. The van der Waals surface area contributed by atoms with Crippen molar-refractivity contribution in [3.05, 3.63) is 24.0 Å². The standard InChI is InChI=1S/C12H15N3O3/c1-7-8(2-5-17-7)11-14-12(18-15-11)9-6-16-4-3-10(9)13/h2,5,9-10H,3-4,6,13H2,1H3. The van der Waals surface area contributed by atoms with Crippen LogP contribution in [0.25, 0.3) is 11.4 Å². The summed E-state index contributed by atoms with van der Waals surface area (Å²) < 4.78 is 15.9. The first kappa shape index (κ1) is 11.4. The lowest BCUT2D eigenvalue weighted by molar-refractivity contribution is 0.0590. The fraction of sp³-hybridized carbons (Fsp3) is 0.500. The molecule has 3 rings (SSSR count). The number of furan rings is 1. The van der Waals surface area contributed by atoms with Crippen LogP contribution in [0, 0.1) is 6.92 Å². The van der Waals surface area contributed by atoms with E-state index in [0.29, 0.717) is 24.9 Å². The van der Waals surface area contributed by atoms with Crippen molar-refractivity contribution < 1.29 is 13.7 Å². The lowest BCUT2D eigenvalue weighted by Gasteiger charge is -2.25. The molecule has 0 spiro atoms. The molecule has 0 aliphatic carbocycles. The van der Waals surface area contributed by atoms with Gasteiger partial charge in [-0.25, -0.2) is 0 Å². The number of hydrogen-bond donors (Lipinski definition) is 1. The van der Waals surface area contributed by atoms with Gasteiger partial charge in [0, 0.05) is 12.6 Å². The average Bonchev–Trinajstić information content (AvgIpc) is 2.98. The maximum Gasteiger partial charge on any atom is 0.233 e. The predicted molar refractivity (Wildman–Crippen MR) is 62.9 cm³/mol. The van der Waals surface area contributed by atoms with Gasteiger partial charge < -0.3 is 19.4 Å². The van der Waals surface area contributed by atoms with E-state index in [1.54, 1.807) is 6.26 Å². The Morgan fingerprint density at radius 2 is 2.33 bits per heavy atom. The van der Waals surface area contributed by atoms with Gasteiger partial charge in [-0.15, -0.1) is 0 Å². The monoisotopic (exact) mass is 249 g/mol. The Morgan fingerprint density at radius 3 is 3.06 bits per heavy atom. The zero-order chi connectivity index (χ0) is 12.5. The van der Waals surface area contributed by atoms with Crippen LogP contribution in [0.5, 0.6) is 0 Å². The van der Waals surface area contributed by atoms with Crippen LogP contribution in [0.4, 0.5) is 0 Å². The van der Waals surface area contributed by atoms with Gasteiger partial charge >= 0.3 is 0 Å². The van der Waals surface area contributed by atoms with E-state index >= 15 is 0 Å². The molecule has 1 saturated heterocycles. The molecule has 6 heteroatoms. The summed E-state index contributed by atoms with van der Waals surface area (Å²) in [6, 6.07) is 1.83. The molecule has 2 aromatic rings. The minimum Gasteiger partial charge on any atom is -0.469 e. The van der Waals surface area contributed by atoms with E-state index in [4.69, 9.17) is 19.4 Å². The highest BCUT2D eigenvalue weighted by molar-refractivity contribution is 5.56. The summed E-state index contributed by atoms with van der Waals surface area (Å²) in [7, 11) is 0. The van der Waals surface area contributed by atoms with Gasteiger partial charge in [0.15, 0.2) is 0 Å². The number of aromatic nitrogens is 2. The Balaban J connectivity index is 1.87. The zero-order valence-electron chi connectivity index (χ0n) is 10.1. The summed E-state index contributed by atoms with van der Waals surface area (Å²) in [5.74, 6) is 1.82. The number of nitrogens with zero attached hydrogens (tertiary/aromatic N) is 2. The number of ether oxygens (including phenoxy) is 1. The van der Waals surface area contributed by atoms with E-state index in [9.17, 15) is 0 Å². The molecule has 1 fully saturated rings. The molecule has 3 heterocycles. The van der Waals surface area contributed by atoms with Crippen LogP contribution in [0.2, 0.25) is 0 Å². The summed E-state index contributed by atoms with van der Waals surface area (Å²) in [4.78, 5) is 4.39. The highest BCUT2D eigenvalue weighted by Crippen LogP contribution is 2.27. The molecule has 2 aromatic heterocycles. The molecule has 0 aromatic carbocycles. The van der Waals surface area contributed by atoms with Crippen LogP contribution in [0.3, 0.4) is 0 Å². The predicted octanol–water partition coefficient (Wildman–Crippen LogP) is 1.47. The van der Waals surface area contributed by atoms with Crippen molar-refractivity contribution in [1.29, 1.82) is 0 Å². The summed E-state index contributed by atoms with van der Waals surface area (Å²) >= 11 is 0. The molecule has 0 saturated carbocycles. The van der Waals surface area contributed by atoms with Gasteiger partial charge in [-0.3, -0.25) is 0 Å². The SMILES string of the molecule is Cc1occc1-c1noc(C2COCCC2N)n1. The van der Waals surface area contributed by atoms with Crippen LogP contribution in [-0.2, 0) is 4.74 Å². The molecule has 0 amide bonds. The van der Waals surface area contributed by atoms with Crippen molar-refractivity contribution in [2.45, 2.75) is 25.3 Å². The Bertz CT molecular complexity index is 534. The van der Waals surface area contributed by atoms with E-state index < -0.39 is 0 Å². The topological polar surface area (TPSA) is 87.3 Å². The molecule has 1 aliphatic rings. The zero-order valence-corrected chi connectivity index (χ0v) is 10.1. The van der Waals surface area contributed by atoms with E-state index in [1.807, 2.05) is 13.0 Å². The van der Waals surface area contributed by atoms with Crippen molar-refractivity contribution in [2.24, 2.45) is 5.73 Å². The van der Waals surface area contributed by atoms with Crippen LogP contribution < -0.4 is 5.73 Å². The van der Waals surface area contributed by atoms with Crippen LogP contribution in [0.15, 0.2) is 21.3 Å². The summed E-state index contributed by atoms with van der Waals surface area (Å²) in [5.41, 5.74) is 6.89. The Hall–Kier alpha value is -1.66. The van der Waals surface area contributed by atoms with Gasteiger partial charge in [-0.2, -0.15) is 4.98 Å². The van der Waals surface area contributed by atoms with Gasteiger partial charge in [0.25, 0.3) is 0 Å². The Kier molecular flexibility index (Phi) is 2.89. The van der Waals surface area contributed by atoms with Crippen molar-refractivity contribution in [2.75, 3.05) is 13.2 Å². The molecule has 2 N–H and O–H groups in total. The maximum atomic E-state index is 6.04. The molecule has 6 nitrogen and oxygen atoms in total. The first-order valence-electron chi connectivity index (χ1n) is 5.97. The van der Waals surface area contributed by atoms with Crippen molar-refractivity contribution in [1.82, 2.24) is 10.1 Å². The third kappa shape index (κ3) is 1.93. The third-order valence-electron chi connectivity index (χ3n) is 3.27. The van der Waals surface area contributed by atoms with Crippen LogP contribution in [-0.4, -0.2) is 29.4 Å². The van der Waals surface area contributed by atoms with Gasteiger partial charge in [0.2, 0.25) is 11.7 Å². The van der Waals surface area contributed by atoms with Gasteiger partial charge in [-0.05, 0) is 19.4 Å². The van der Waals surface area contributed by atoms with Crippen molar-refractivity contribution in [3.8, 4) is 11.4 Å². The van der Waals surface area contributed by atoms with Crippen LogP contribution >= 0.6 is 0 Å². The van der Waals surface area contributed by atoms with Crippen LogP contribution in [0.1, 0.15) is 24.0 Å². The normalized spacial score (nSPS) is 24.3. The Morgan fingerprint density at radius 1 is 1.44 bits per heavy atom. The molecular formula is C12H15N3O3. The summed E-state index contributed by atoms with van der Waals surface area (Å²) in [5, 5.41) is 3.97. The first-order chi connectivity index (χ1) is 8.75. The molecule has 0 bridgehead atoms. The van der Waals surface area contributed by atoms with Crippen molar-refractivity contribution in [3.63, 3.8) is 0 Å². The molecule has 0 radical (unpaired) electrons. The molecular weight excluding hydrogens is 234 g/mol. The average molecular weight is 249 g/mol. The highest BCUT2D eigenvalue weighted by atomic mass is 16.5. The fourth-order valence-electron chi connectivity index (χ4n) is 2.12. The second-order valence-electron chi connectivity index (χ2n) is 4.48. The summed E-state index contributed by atoms with van der Waals surface area (Å²) in [6.07, 6.45) is 2.42. The fourth-order valence-corrected chi connectivity index (χ4v) is 2.12. The number of rotatable bonds is 2. The highest BCUT2D eigenvalue weighted by Gasteiger charge is 2.29. The minimum atomic E-state index is -0.0211. The third-order valence-corrected chi connectivity index (χ3v) is 3.27. The van der Waals surface area contributed by atoms with E-state index in [0.717, 1.165) is 17.7 Å².